The third-order valence-electron chi connectivity index (χ3n) is 4.06. The van der Waals surface area contributed by atoms with Crippen molar-refractivity contribution in [1.82, 2.24) is 0 Å². The van der Waals surface area contributed by atoms with Crippen LogP contribution in [0.3, 0.4) is 0 Å². The van der Waals surface area contributed by atoms with E-state index >= 15 is 0 Å². The summed E-state index contributed by atoms with van der Waals surface area (Å²) < 4.78 is 0. The maximum Gasteiger partial charge on any atom is 0.193 e. The molecule has 1 saturated heterocycles. The van der Waals surface area contributed by atoms with Crippen molar-refractivity contribution in [2.24, 2.45) is 10.4 Å². The average Bonchev–Trinajstić information content (AvgIpc) is 2.45. The lowest BCUT2D eigenvalue weighted by Crippen LogP contribution is -2.26. The molecule has 0 bridgehead atoms. The van der Waals surface area contributed by atoms with E-state index < -0.39 is 7.92 Å². The predicted octanol–water partition coefficient (Wildman–Crippen LogP) is 7.42. The van der Waals surface area contributed by atoms with Crippen LogP contribution in [0.2, 0.25) is 0 Å². The Morgan fingerprint density at radius 1 is 1.00 bits per heavy atom. The van der Waals surface area contributed by atoms with E-state index in [2.05, 4.69) is 45.9 Å². The lowest BCUT2D eigenvalue weighted by Gasteiger charge is -2.32. The smallest absolute Gasteiger partial charge is 0.193 e. The molecule has 3 nitrogen and oxygen atoms in total. The first kappa shape index (κ1) is 19.4. The van der Waals surface area contributed by atoms with Crippen LogP contribution in [-0.2, 0) is 0 Å². The number of carbonyl (C=O) groups excluding carboxylic acids is 2. The molecule has 0 unspecified atom stereocenters. The lowest BCUT2D eigenvalue weighted by molar-refractivity contribution is 0.269. The third kappa shape index (κ3) is 3.84. The SMILES string of the molecule is CC(C)c1cccc(C(C)C)c1N=C(P1C(=O)PC1=O)C(C)(C)C. The fourth-order valence-electron chi connectivity index (χ4n) is 2.73. The lowest BCUT2D eigenvalue weighted by atomic mass is 9.92. The summed E-state index contributed by atoms with van der Waals surface area (Å²) >= 11 is 0. The Hall–Kier alpha value is -0.910. The summed E-state index contributed by atoms with van der Waals surface area (Å²) in [5, 5.41) is 0.189. The number of para-hydroxylation sites is 1. The molecule has 1 aliphatic heterocycles. The Labute approximate surface area is 148 Å². The number of hydrogen-bond acceptors (Lipinski definition) is 3. The molecule has 1 fully saturated rings. The first-order chi connectivity index (χ1) is 11.0. The van der Waals surface area contributed by atoms with Crippen molar-refractivity contribution in [2.45, 2.75) is 60.3 Å². The van der Waals surface area contributed by atoms with Crippen LogP contribution in [0.5, 0.6) is 0 Å². The highest BCUT2D eigenvalue weighted by Crippen LogP contribution is 2.65. The maximum atomic E-state index is 12.1. The highest BCUT2D eigenvalue weighted by atomic mass is 31.2. The van der Waals surface area contributed by atoms with E-state index in [1.165, 1.54) is 11.1 Å². The second-order valence-corrected chi connectivity index (χ2v) is 11.8. The Kier molecular flexibility index (Phi) is 5.78. The van der Waals surface area contributed by atoms with Crippen LogP contribution in [0, 0.1) is 5.41 Å². The zero-order chi connectivity index (χ0) is 18.2. The largest absolute Gasteiger partial charge is 0.288 e. The number of hydrogen-bond donors (Lipinski definition) is 0. The van der Waals surface area contributed by atoms with Crippen LogP contribution in [0.25, 0.3) is 0 Å². The molecule has 1 aromatic carbocycles. The van der Waals surface area contributed by atoms with Crippen LogP contribution in [-0.4, -0.2) is 16.0 Å². The van der Waals surface area contributed by atoms with Crippen molar-refractivity contribution >= 4 is 38.2 Å². The molecule has 130 valence electrons. The van der Waals surface area contributed by atoms with Gasteiger partial charge in [-0.15, -0.1) is 0 Å². The molecule has 0 saturated carbocycles. The topological polar surface area (TPSA) is 46.5 Å². The molecule has 0 amide bonds. The van der Waals surface area contributed by atoms with E-state index in [1.807, 2.05) is 20.8 Å². The molecule has 1 aliphatic rings. The van der Waals surface area contributed by atoms with Gasteiger partial charge in [-0.3, -0.25) is 14.6 Å². The number of carbonyl (C=O) groups is 2. The Morgan fingerprint density at radius 3 is 1.79 bits per heavy atom. The molecule has 24 heavy (non-hydrogen) atoms. The zero-order valence-corrected chi connectivity index (χ0v) is 17.5. The summed E-state index contributed by atoms with van der Waals surface area (Å²) in [6, 6.07) is 6.29. The Bertz CT molecular complexity index is 660. The second-order valence-electron chi connectivity index (χ2n) is 7.85. The number of benzene rings is 1. The number of rotatable bonds is 4. The van der Waals surface area contributed by atoms with Gasteiger partial charge in [0.1, 0.15) is 0 Å². The van der Waals surface area contributed by atoms with Gasteiger partial charge < -0.3 is 0 Å². The van der Waals surface area contributed by atoms with Gasteiger partial charge in [-0.05, 0) is 23.0 Å². The van der Waals surface area contributed by atoms with Crippen LogP contribution >= 0.6 is 16.5 Å². The second kappa shape index (κ2) is 7.14. The van der Waals surface area contributed by atoms with Crippen LogP contribution in [0.4, 0.5) is 15.3 Å². The third-order valence-corrected chi connectivity index (χ3v) is 8.51. The first-order valence-electron chi connectivity index (χ1n) is 8.41. The summed E-state index contributed by atoms with van der Waals surface area (Å²) in [4.78, 5) is 29.2. The van der Waals surface area contributed by atoms with E-state index in [4.69, 9.17) is 4.99 Å². The Balaban J connectivity index is 2.69. The molecular formula is C19H27NO2P2. The molecule has 1 heterocycles. The highest BCUT2D eigenvalue weighted by molar-refractivity contribution is 8.33. The minimum atomic E-state index is -1.37. The fourth-order valence-corrected chi connectivity index (χ4v) is 6.33. The number of aliphatic imine (C=N–C) groups is 1. The van der Waals surface area contributed by atoms with Gasteiger partial charge in [0.05, 0.1) is 19.1 Å². The molecular weight excluding hydrogens is 336 g/mol. The van der Waals surface area contributed by atoms with Crippen molar-refractivity contribution in [1.29, 1.82) is 0 Å². The summed E-state index contributed by atoms with van der Waals surface area (Å²) in [6.45, 7) is 14.8. The molecule has 0 spiro atoms. The van der Waals surface area contributed by atoms with Gasteiger partial charge in [0.2, 0.25) is 0 Å². The summed E-state index contributed by atoms with van der Waals surface area (Å²) in [7, 11) is -1.54. The van der Waals surface area contributed by atoms with Gasteiger partial charge >= 0.3 is 0 Å². The van der Waals surface area contributed by atoms with Gasteiger partial charge in [0.15, 0.2) is 10.5 Å². The highest BCUT2D eigenvalue weighted by Gasteiger charge is 2.46. The minimum absolute atomic E-state index is 0.0943. The van der Waals surface area contributed by atoms with Crippen molar-refractivity contribution < 1.29 is 9.59 Å². The van der Waals surface area contributed by atoms with Gasteiger partial charge in [0.25, 0.3) is 0 Å². The number of nitrogens with zero attached hydrogens (tertiary/aromatic N) is 1. The van der Waals surface area contributed by atoms with Crippen molar-refractivity contribution in [3.05, 3.63) is 29.3 Å². The molecule has 0 aliphatic carbocycles. The van der Waals surface area contributed by atoms with Crippen LogP contribution in [0.15, 0.2) is 23.2 Å². The predicted molar refractivity (Wildman–Crippen MR) is 107 cm³/mol. The van der Waals surface area contributed by atoms with E-state index in [0.29, 0.717) is 11.8 Å². The van der Waals surface area contributed by atoms with Crippen molar-refractivity contribution in [2.75, 3.05) is 0 Å². The first-order valence-corrected chi connectivity index (χ1v) is 10.7. The zero-order valence-electron chi connectivity index (χ0n) is 15.6. The maximum absolute atomic E-state index is 12.1. The van der Waals surface area contributed by atoms with Crippen molar-refractivity contribution in [3.63, 3.8) is 0 Å². The van der Waals surface area contributed by atoms with Gasteiger partial charge in [-0.1, -0.05) is 66.7 Å². The molecule has 0 atom stereocenters. The molecule has 1 aromatic rings. The van der Waals surface area contributed by atoms with E-state index in [-0.39, 0.29) is 24.5 Å². The minimum Gasteiger partial charge on any atom is -0.288 e. The molecule has 2 rings (SSSR count). The van der Waals surface area contributed by atoms with Crippen LogP contribution < -0.4 is 0 Å². The fraction of sp³-hybridized carbons (Fsp3) is 0.526. The average molecular weight is 363 g/mol. The monoisotopic (exact) mass is 363 g/mol. The van der Waals surface area contributed by atoms with Gasteiger partial charge in [-0.25, -0.2) is 0 Å². The van der Waals surface area contributed by atoms with Gasteiger partial charge in [0, 0.05) is 14.0 Å². The molecule has 5 heteroatoms. The van der Waals surface area contributed by atoms with Gasteiger partial charge in [-0.2, -0.15) is 0 Å². The molecule has 0 N–H and O–H groups in total. The molecule has 0 aromatic heterocycles. The summed E-state index contributed by atoms with van der Waals surface area (Å²) in [5.74, 6) is 0.678. The quantitative estimate of drug-likeness (QED) is 0.412. The van der Waals surface area contributed by atoms with Crippen LogP contribution in [0.1, 0.15) is 71.4 Å². The summed E-state index contributed by atoms with van der Waals surface area (Å²) in [5.41, 5.74) is 3.81. The van der Waals surface area contributed by atoms with E-state index in [1.54, 1.807) is 0 Å². The standard InChI is InChI=1S/C19H27NO2P2/c1-11(2)13-9-8-10-14(12(3)4)15(13)20-16(19(5,6)7)24-17(21)23-18(24)22/h8-12,23H,1-7H3. The van der Waals surface area contributed by atoms with E-state index in [0.717, 1.165) is 11.1 Å². The summed E-state index contributed by atoms with van der Waals surface area (Å²) in [6.07, 6.45) is 0. The van der Waals surface area contributed by atoms with E-state index in [9.17, 15) is 9.59 Å². The van der Waals surface area contributed by atoms with Crippen molar-refractivity contribution in [3.8, 4) is 0 Å². The normalized spacial score (nSPS) is 20.2. The molecule has 0 radical (unpaired) electrons. The Morgan fingerprint density at radius 2 is 1.46 bits per heavy atom.